The summed E-state index contributed by atoms with van der Waals surface area (Å²) in [6.45, 7) is 5.89. The van der Waals surface area contributed by atoms with Gasteiger partial charge in [-0.3, -0.25) is 0 Å². The molecule has 3 aromatic rings. The van der Waals surface area contributed by atoms with E-state index < -0.39 is 0 Å². The first-order valence-corrected chi connectivity index (χ1v) is 8.72. The van der Waals surface area contributed by atoms with Crippen molar-refractivity contribution in [3.05, 3.63) is 54.6 Å². The molecule has 0 unspecified atom stereocenters. The molecule has 0 radical (unpaired) electrons. The summed E-state index contributed by atoms with van der Waals surface area (Å²) in [5.41, 5.74) is 2.06. The van der Waals surface area contributed by atoms with E-state index in [1.807, 2.05) is 24.3 Å². The second kappa shape index (κ2) is 8.55. The maximum atomic E-state index is 7.57. The van der Waals surface area contributed by atoms with Crippen LogP contribution in [0.25, 0.3) is 22.3 Å². The molecule has 0 saturated carbocycles. The largest absolute Gasteiger partial charge is 0.397 e. The van der Waals surface area contributed by atoms with Crippen molar-refractivity contribution in [1.29, 1.82) is 0 Å². The Labute approximate surface area is 148 Å². The van der Waals surface area contributed by atoms with E-state index >= 15 is 0 Å². The van der Waals surface area contributed by atoms with Crippen molar-refractivity contribution in [1.82, 2.24) is 15.3 Å². The molecule has 4 rings (SSSR count). The van der Waals surface area contributed by atoms with E-state index in [1.165, 1.54) is 0 Å². The Kier molecular flexibility index (Phi) is 5.93. The first-order chi connectivity index (χ1) is 12.3. The van der Waals surface area contributed by atoms with E-state index in [-0.39, 0.29) is 6.61 Å². The molecular weight excluding hydrogens is 312 g/mol. The smallest absolute Gasteiger partial charge is 0.162 e. The van der Waals surface area contributed by atoms with Gasteiger partial charge in [-0.1, -0.05) is 42.5 Å². The summed E-state index contributed by atoms with van der Waals surface area (Å²) >= 11 is 0. The van der Waals surface area contributed by atoms with E-state index in [2.05, 4.69) is 40.5 Å². The second-order valence-corrected chi connectivity index (χ2v) is 5.81. The van der Waals surface area contributed by atoms with Gasteiger partial charge in [0.2, 0.25) is 0 Å². The Balaban J connectivity index is 0.000000569. The molecule has 5 nitrogen and oxygen atoms in total. The number of aromatic nitrogens is 2. The third-order valence-corrected chi connectivity index (χ3v) is 4.03. The maximum absolute atomic E-state index is 7.57. The lowest BCUT2D eigenvalue weighted by atomic mass is 10.1. The quantitative estimate of drug-likeness (QED) is 0.753. The van der Waals surface area contributed by atoms with Gasteiger partial charge in [-0.2, -0.15) is 0 Å². The highest BCUT2D eigenvalue weighted by Crippen LogP contribution is 2.27. The molecular formula is C20H24N4O. The minimum absolute atomic E-state index is 0.250. The zero-order valence-corrected chi connectivity index (χ0v) is 14.5. The highest BCUT2D eigenvalue weighted by molar-refractivity contribution is 5.91. The Morgan fingerprint density at radius 3 is 2.32 bits per heavy atom. The molecule has 1 aromatic heterocycles. The van der Waals surface area contributed by atoms with E-state index in [0.29, 0.717) is 0 Å². The third-order valence-electron chi connectivity index (χ3n) is 4.03. The van der Waals surface area contributed by atoms with Crippen LogP contribution in [0.15, 0.2) is 54.6 Å². The van der Waals surface area contributed by atoms with E-state index in [9.17, 15) is 0 Å². The van der Waals surface area contributed by atoms with Gasteiger partial charge in [0.15, 0.2) is 5.82 Å². The molecule has 2 aromatic carbocycles. The lowest BCUT2D eigenvalue weighted by Gasteiger charge is -2.29. The molecule has 0 spiro atoms. The molecule has 2 N–H and O–H groups in total. The van der Waals surface area contributed by atoms with Crippen molar-refractivity contribution < 1.29 is 5.11 Å². The fraction of sp³-hybridized carbons (Fsp3) is 0.300. The SMILES string of the molecule is CCO.c1ccc(-c2nc(N3CCNCC3)c3ccccc3n2)cc1. The summed E-state index contributed by atoms with van der Waals surface area (Å²) in [7, 11) is 0. The molecule has 1 saturated heterocycles. The molecule has 0 amide bonds. The van der Waals surface area contributed by atoms with Gasteiger partial charge >= 0.3 is 0 Å². The van der Waals surface area contributed by atoms with Crippen LogP contribution >= 0.6 is 0 Å². The number of hydrogen-bond acceptors (Lipinski definition) is 5. The monoisotopic (exact) mass is 336 g/mol. The minimum Gasteiger partial charge on any atom is -0.397 e. The average molecular weight is 336 g/mol. The van der Waals surface area contributed by atoms with Gasteiger partial charge in [0, 0.05) is 43.7 Å². The van der Waals surface area contributed by atoms with Crippen molar-refractivity contribution in [2.45, 2.75) is 6.92 Å². The van der Waals surface area contributed by atoms with Crippen LogP contribution in [-0.2, 0) is 0 Å². The number of para-hydroxylation sites is 1. The molecule has 0 aliphatic carbocycles. The van der Waals surface area contributed by atoms with Crippen LogP contribution in [0.2, 0.25) is 0 Å². The van der Waals surface area contributed by atoms with E-state index in [4.69, 9.17) is 15.1 Å². The highest BCUT2D eigenvalue weighted by atomic mass is 16.2. The summed E-state index contributed by atoms with van der Waals surface area (Å²) in [4.78, 5) is 12.0. The van der Waals surface area contributed by atoms with Crippen LogP contribution in [0, 0.1) is 0 Å². The van der Waals surface area contributed by atoms with Crippen molar-refractivity contribution >= 4 is 16.7 Å². The summed E-state index contributed by atoms with van der Waals surface area (Å²) < 4.78 is 0. The number of rotatable bonds is 2. The van der Waals surface area contributed by atoms with Crippen LogP contribution < -0.4 is 10.2 Å². The zero-order chi connectivity index (χ0) is 17.5. The van der Waals surface area contributed by atoms with Crippen molar-refractivity contribution in [2.75, 3.05) is 37.7 Å². The Bertz CT molecular complexity index is 801. The highest BCUT2D eigenvalue weighted by Gasteiger charge is 2.17. The number of aliphatic hydroxyl groups excluding tert-OH is 1. The van der Waals surface area contributed by atoms with Gasteiger partial charge in [-0.25, -0.2) is 9.97 Å². The van der Waals surface area contributed by atoms with Crippen LogP contribution in [0.5, 0.6) is 0 Å². The number of hydrogen-bond donors (Lipinski definition) is 2. The zero-order valence-electron chi connectivity index (χ0n) is 14.5. The molecule has 1 fully saturated rings. The van der Waals surface area contributed by atoms with Crippen molar-refractivity contribution in [3.63, 3.8) is 0 Å². The molecule has 1 aliphatic rings. The van der Waals surface area contributed by atoms with Crippen LogP contribution in [0.1, 0.15) is 6.92 Å². The third kappa shape index (κ3) is 4.13. The molecule has 2 heterocycles. The Morgan fingerprint density at radius 2 is 1.60 bits per heavy atom. The Hall–Kier alpha value is -2.50. The van der Waals surface area contributed by atoms with Gasteiger partial charge in [-0.05, 0) is 19.1 Å². The molecule has 25 heavy (non-hydrogen) atoms. The van der Waals surface area contributed by atoms with E-state index in [1.54, 1.807) is 6.92 Å². The number of nitrogens with one attached hydrogen (secondary N) is 1. The van der Waals surface area contributed by atoms with Gasteiger partial charge in [-0.15, -0.1) is 0 Å². The summed E-state index contributed by atoms with van der Waals surface area (Å²) in [5.74, 6) is 1.85. The number of anilines is 1. The fourth-order valence-corrected chi connectivity index (χ4v) is 2.89. The van der Waals surface area contributed by atoms with Gasteiger partial charge in [0.25, 0.3) is 0 Å². The van der Waals surface area contributed by atoms with Gasteiger partial charge in [0.05, 0.1) is 5.52 Å². The second-order valence-electron chi connectivity index (χ2n) is 5.81. The number of benzene rings is 2. The van der Waals surface area contributed by atoms with Gasteiger partial charge in [0.1, 0.15) is 5.82 Å². The van der Waals surface area contributed by atoms with Crippen molar-refractivity contribution in [3.8, 4) is 11.4 Å². The molecule has 130 valence electrons. The lowest BCUT2D eigenvalue weighted by Crippen LogP contribution is -2.44. The number of fused-ring (bicyclic) bond motifs is 1. The standard InChI is InChI=1S/C18H18N4.C2H6O/c1-2-6-14(7-3-1)17-20-16-9-5-4-8-15(16)18(21-17)22-12-10-19-11-13-22;1-2-3/h1-9,19H,10-13H2;3H,2H2,1H3. The minimum atomic E-state index is 0.250. The molecule has 0 atom stereocenters. The van der Waals surface area contributed by atoms with E-state index in [0.717, 1.165) is 54.3 Å². The first kappa shape index (κ1) is 17.3. The topological polar surface area (TPSA) is 61.3 Å². The average Bonchev–Trinajstić information content (AvgIpc) is 2.69. The lowest BCUT2D eigenvalue weighted by molar-refractivity contribution is 0.318. The normalized spacial score (nSPS) is 14.1. The number of piperazine rings is 1. The van der Waals surface area contributed by atoms with Crippen LogP contribution in [-0.4, -0.2) is 47.9 Å². The molecule has 0 bridgehead atoms. The van der Waals surface area contributed by atoms with Gasteiger partial charge < -0.3 is 15.3 Å². The molecule has 1 aliphatic heterocycles. The Morgan fingerprint density at radius 1 is 0.960 bits per heavy atom. The predicted molar refractivity (Wildman–Crippen MR) is 103 cm³/mol. The summed E-state index contributed by atoms with van der Waals surface area (Å²) in [6, 6.07) is 18.5. The summed E-state index contributed by atoms with van der Waals surface area (Å²) in [5, 5.41) is 12.1. The maximum Gasteiger partial charge on any atom is 0.162 e. The van der Waals surface area contributed by atoms with Crippen LogP contribution in [0.3, 0.4) is 0 Å². The summed E-state index contributed by atoms with van der Waals surface area (Å²) in [6.07, 6.45) is 0. The first-order valence-electron chi connectivity index (χ1n) is 8.72. The van der Waals surface area contributed by atoms with Crippen LogP contribution in [0.4, 0.5) is 5.82 Å². The number of nitrogens with zero attached hydrogens (tertiary/aromatic N) is 3. The van der Waals surface area contributed by atoms with Crippen molar-refractivity contribution in [2.24, 2.45) is 0 Å². The predicted octanol–water partition coefficient (Wildman–Crippen LogP) is 2.71. The molecule has 5 heteroatoms. The number of aliphatic hydroxyl groups is 1. The fourth-order valence-electron chi connectivity index (χ4n) is 2.89.